The van der Waals surface area contributed by atoms with Crippen LogP contribution in [0.5, 0.6) is 0 Å². The largest absolute Gasteiger partial charge is 0.477 e. The highest BCUT2D eigenvalue weighted by Crippen LogP contribution is 2.46. The second-order valence-corrected chi connectivity index (χ2v) is 15.8. The molecule has 4 aliphatic rings. The smallest absolute Gasteiger partial charge is 0.352 e. The van der Waals surface area contributed by atoms with Crippen LogP contribution in [0, 0.1) is 5.92 Å². The van der Waals surface area contributed by atoms with Crippen LogP contribution in [0.25, 0.3) is 0 Å². The first kappa shape index (κ1) is 37.2. The molecule has 3 amide bonds. The van der Waals surface area contributed by atoms with E-state index in [-0.39, 0.29) is 39.8 Å². The fraction of sp³-hybridized carbons (Fsp3) is 0.268. The van der Waals surface area contributed by atoms with Gasteiger partial charge in [-0.3, -0.25) is 19.3 Å². The number of nitrogens with two attached hydrogens (primary N) is 1. The predicted molar refractivity (Wildman–Crippen MR) is 213 cm³/mol. The Balaban J connectivity index is 1.14. The third-order valence-corrected chi connectivity index (χ3v) is 12.5. The van der Waals surface area contributed by atoms with Crippen molar-refractivity contribution >= 4 is 57.6 Å². The zero-order valence-electron chi connectivity index (χ0n) is 30.1. The Morgan fingerprint density at radius 3 is 2.05 bits per heavy atom. The molecule has 56 heavy (non-hydrogen) atoms. The molecule has 0 saturated carbocycles. The molecule has 4 aromatic rings. The van der Waals surface area contributed by atoms with Crippen molar-refractivity contribution in [1.29, 1.82) is 0 Å². The van der Waals surface area contributed by atoms with Gasteiger partial charge in [-0.25, -0.2) is 9.78 Å². The summed E-state index contributed by atoms with van der Waals surface area (Å²) in [6, 6.07) is 27.5. The molecule has 5 heterocycles. The molecule has 4 aliphatic heterocycles. The number of nitrogens with zero attached hydrogens (tertiary/aromatic N) is 3. The Hall–Kier alpha value is -5.77. The molecule has 8 rings (SSSR count). The second-order valence-electron chi connectivity index (χ2n) is 13.8. The van der Waals surface area contributed by atoms with Crippen molar-refractivity contribution in [1.82, 2.24) is 25.8 Å². The fourth-order valence-electron chi connectivity index (χ4n) is 7.99. The van der Waals surface area contributed by atoms with Gasteiger partial charge in [0.25, 0.3) is 11.8 Å². The lowest BCUT2D eigenvalue weighted by Crippen LogP contribution is -2.71. The number of nitrogens with one attached hydrogen (secondary N) is 3. The molecular weight excluding hydrogens is 751 g/mol. The van der Waals surface area contributed by atoms with E-state index >= 15 is 0 Å². The summed E-state index contributed by atoms with van der Waals surface area (Å²) in [6.07, 6.45) is 1.98. The minimum absolute atomic E-state index is 0.0254. The lowest BCUT2D eigenvalue weighted by atomic mass is 9.80. The van der Waals surface area contributed by atoms with Crippen LogP contribution in [0.3, 0.4) is 0 Å². The van der Waals surface area contributed by atoms with Crippen LogP contribution < -0.4 is 21.7 Å². The Morgan fingerprint density at radius 2 is 1.54 bits per heavy atom. The standard InChI is InChI=1S/C41H39N7O6S2/c42-40-45-30(23-56-40)32(47-54-41(25-10-4-1-5-11-25,26-12-6-2-7-13-26)27-14-8-3-9-15-27)36(50)46-33-37(51)48-34(39(52)53)29(22-55-38(33)48)31(24-16-19-43-20-17-24)28-18-21-44-35(28)49/h1-15,23-24,33,38,43H,16-22H2,(H2,42,45)(H,44,49)(H,46,50)(H,52,53)/t33-,38-/m1/s1. The number of carbonyl (C=O) groups excluding carboxylic acids is 3. The van der Waals surface area contributed by atoms with Crippen LogP contribution in [0.1, 0.15) is 41.6 Å². The van der Waals surface area contributed by atoms with Crippen LogP contribution >= 0.6 is 23.1 Å². The monoisotopic (exact) mass is 789 g/mol. The summed E-state index contributed by atoms with van der Waals surface area (Å²) in [5.74, 6) is -2.57. The first-order valence-electron chi connectivity index (χ1n) is 18.4. The molecule has 0 spiro atoms. The first-order chi connectivity index (χ1) is 27.3. The SMILES string of the molecule is Nc1nc(C(=NOC(c2ccccc2)(c2ccccc2)c2ccccc2)C(=O)N[C@@H]2C(=O)N3C(C(=O)O)=C(C(=C4CCNC4=O)C4CCNCC4)CS[C@H]23)cs1. The summed E-state index contributed by atoms with van der Waals surface area (Å²) >= 11 is 2.47. The Kier molecular flexibility index (Phi) is 10.5. The number of nitrogen functional groups attached to an aromatic ring is 1. The molecule has 15 heteroatoms. The third-order valence-electron chi connectivity index (χ3n) is 10.6. The van der Waals surface area contributed by atoms with Crippen LogP contribution in [-0.2, 0) is 29.6 Å². The highest BCUT2D eigenvalue weighted by molar-refractivity contribution is 8.00. The quantitative estimate of drug-likeness (QED) is 0.0489. The molecule has 13 nitrogen and oxygen atoms in total. The van der Waals surface area contributed by atoms with Gasteiger partial charge in [0, 0.05) is 39.9 Å². The number of hydrogen-bond acceptors (Lipinski definition) is 11. The number of carbonyl (C=O) groups is 4. The summed E-state index contributed by atoms with van der Waals surface area (Å²) < 4.78 is 0. The first-order valence-corrected chi connectivity index (χ1v) is 20.3. The number of aliphatic carboxylic acids is 1. The van der Waals surface area contributed by atoms with Gasteiger partial charge < -0.3 is 31.6 Å². The number of benzene rings is 3. The number of thioether (sulfide) groups is 1. The van der Waals surface area contributed by atoms with Crippen LogP contribution in [0.15, 0.2) is 124 Å². The number of β-lactam (4-membered cyclic amide) rings is 1. The van der Waals surface area contributed by atoms with Crippen molar-refractivity contribution in [2.45, 2.75) is 36.3 Å². The highest BCUT2D eigenvalue weighted by Gasteiger charge is 2.55. The fourth-order valence-corrected chi connectivity index (χ4v) is 9.90. The summed E-state index contributed by atoms with van der Waals surface area (Å²) in [4.78, 5) is 66.6. The molecule has 3 fully saturated rings. The van der Waals surface area contributed by atoms with Gasteiger partial charge in [0.1, 0.15) is 22.8 Å². The molecule has 3 saturated heterocycles. The molecule has 2 atom stereocenters. The van der Waals surface area contributed by atoms with E-state index in [1.54, 1.807) is 5.38 Å². The van der Waals surface area contributed by atoms with Gasteiger partial charge in [-0.2, -0.15) is 0 Å². The summed E-state index contributed by atoms with van der Waals surface area (Å²) in [7, 11) is 0. The number of amides is 3. The molecule has 286 valence electrons. The van der Waals surface area contributed by atoms with Crippen molar-refractivity contribution in [3.05, 3.63) is 141 Å². The van der Waals surface area contributed by atoms with Gasteiger partial charge in [0.15, 0.2) is 10.8 Å². The second kappa shape index (κ2) is 15.8. The van der Waals surface area contributed by atoms with E-state index in [2.05, 4.69) is 26.1 Å². The molecule has 0 bridgehead atoms. The average Bonchev–Trinajstić information content (AvgIpc) is 3.87. The van der Waals surface area contributed by atoms with Crippen molar-refractivity contribution in [3.8, 4) is 0 Å². The Labute approximate surface area is 331 Å². The highest BCUT2D eigenvalue weighted by atomic mass is 32.2. The van der Waals surface area contributed by atoms with E-state index in [4.69, 9.17) is 10.6 Å². The summed E-state index contributed by atoms with van der Waals surface area (Å²) in [5, 5.41) is 25.2. The minimum Gasteiger partial charge on any atom is -0.477 e. The van der Waals surface area contributed by atoms with Crippen molar-refractivity contribution in [2.24, 2.45) is 11.1 Å². The van der Waals surface area contributed by atoms with Gasteiger partial charge in [-0.15, -0.1) is 23.1 Å². The normalized spacial score (nSPS) is 21.2. The maximum Gasteiger partial charge on any atom is 0.352 e. The average molecular weight is 790 g/mol. The van der Waals surface area contributed by atoms with E-state index in [0.29, 0.717) is 24.1 Å². The number of allylic oxidation sites excluding steroid dienone is 1. The molecule has 1 aromatic heterocycles. The molecule has 0 radical (unpaired) electrons. The summed E-state index contributed by atoms with van der Waals surface area (Å²) in [6.45, 7) is 1.96. The van der Waals surface area contributed by atoms with Gasteiger partial charge in [-0.05, 0) is 49.4 Å². The van der Waals surface area contributed by atoms with Crippen LogP contribution in [-0.4, -0.2) is 81.2 Å². The number of piperidine rings is 1. The molecular formula is C41H39N7O6S2. The number of thiazole rings is 1. The number of carboxylic acids is 1. The van der Waals surface area contributed by atoms with Gasteiger partial charge in [0.2, 0.25) is 11.5 Å². The van der Waals surface area contributed by atoms with E-state index < -0.39 is 34.8 Å². The summed E-state index contributed by atoms with van der Waals surface area (Å²) in [5.41, 5.74) is 8.57. The molecule has 3 aromatic carbocycles. The lowest BCUT2D eigenvalue weighted by molar-refractivity contribution is -0.150. The zero-order valence-corrected chi connectivity index (χ0v) is 31.8. The van der Waals surface area contributed by atoms with Crippen LogP contribution in [0.2, 0.25) is 0 Å². The van der Waals surface area contributed by atoms with E-state index in [1.807, 2.05) is 91.0 Å². The Bertz CT molecular complexity index is 2160. The predicted octanol–water partition coefficient (Wildman–Crippen LogP) is 3.99. The minimum atomic E-state index is -1.31. The van der Waals surface area contributed by atoms with Crippen molar-refractivity contribution in [2.75, 3.05) is 31.1 Å². The third kappa shape index (κ3) is 6.75. The van der Waals surface area contributed by atoms with E-state index in [1.165, 1.54) is 16.7 Å². The number of anilines is 1. The zero-order chi connectivity index (χ0) is 38.8. The molecule has 0 aliphatic carbocycles. The molecule has 0 unspecified atom stereocenters. The molecule has 6 N–H and O–H groups in total. The van der Waals surface area contributed by atoms with Gasteiger partial charge in [0.05, 0.1) is 0 Å². The van der Waals surface area contributed by atoms with Crippen molar-refractivity contribution in [3.63, 3.8) is 0 Å². The van der Waals surface area contributed by atoms with Crippen LogP contribution in [0.4, 0.5) is 5.13 Å². The maximum atomic E-state index is 14.3. The maximum absolute atomic E-state index is 14.3. The topological polar surface area (TPSA) is 188 Å². The number of oxime groups is 1. The number of carboxylic acid groups (broad SMARTS) is 1. The number of hydrogen-bond donors (Lipinski definition) is 5. The van der Waals surface area contributed by atoms with Gasteiger partial charge in [-0.1, -0.05) is 96.2 Å². The Morgan fingerprint density at radius 1 is 0.929 bits per heavy atom. The lowest BCUT2D eigenvalue weighted by Gasteiger charge is -2.50. The van der Waals surface area contributed by atoms with E-state index in [9.17, 15) is 24.3 Å². The van der Waals surface area contributed by atoms with E-state index in [0.717, 1.165) is 59.5 Å². The number of fused-ring (bicyclic) bond motifs is 1. The van der Waals surface area contributed by atoms with Crippen molar-refractivity contribution < 1.29 is 29.1 Å². The number of rotatable bonds is 11. The van der Waals surface area contributed by atoms with Gasteiger partial charge >= 0.3 is 5.97 Å². The number of aromatic nitrogens is 1.